The fraction of sp³-hybridized carbons (Fsp3) is 0.409. The quantitative estimate of drug-likeness (QED) is 0.853. The molecular weight excluding hydrogens is 340 g/mol. The number of aliphatic hydroxyl groups is 1. The summed E-state index contributed by atoms with van der Waals surface area (Å²) in [7, 11) is 1.60. The number of methoxy groups -OCH3 is 1. The molecule has 27 heavy (non-hydrogen) atoms. The molecule has 0 spiro atoms. The topological polar surface area (TPSA) is 61.8 Å². The molecule has 2 N–H and O–H groups in total. The second-order valence-electron chi connectivity index (χ2n) is 7.50. The van der Waals surface area contributed by atoms with Crippen LogP contribution in [0, 0.1) is 11.8 Å². The molecule has 1 amide bonds. The Hall–Kier alpha value is -2.37. The van der Waals surface area contributed by atoms with Gasteiger partial charge in [-0.25, -0.2) is 0 Å². The highest BCUT2D eigenvalue weighted by molar-refractivity contribution is 5.93. The van der Waals surface area contributed by atoms with Crippen molar-refractivity contribution in [2.24, 2.45) is 11.8 Å². The zero-order valence-corrected chi connectivity index (χ0v) is 15.6. The van der Waals surface area contributed by atoms with Crippen molar-refractivity contribution in [2.75, 3.05) is 32.1 Å². The van der Waals surface area contributed by atoms with Crippen LogP contribution in [-0.4, -0.2) is 42.7 Å². The molecule has 1 atom stereocenters. The predicted octanol–water partition coefficient (Wildman–Crippen LogP) is 3.13. The van der Waals surface area contributed by atoms with Crippen molar-refractivity contribution in [2.45, 2.75) is 19.4 Å². The van der Waals surface area contributed by atoms with Gasteiger partial charge in [-0.15, -0.1) is 0 Å². The summed E-state index contributed by atoms with van der Waals surface area (Å²) >= 11 is 0. The van der Waals surface area contributed by atoms with E-state index in [1.807, 2.05) is 42.5 Å². The first-order valence-corrected chi connectivity index (χ1v) is 9.59. The van der Waals surface area contributed by atoms with E-state index in [0.717, 1.165) is 54.9 Å². The predicted molar refractivity (Wildman–Crippen MR) is 106 cm³/mol. The van der Waals surface area contributed by atoms with Crippen LogP contribution < -0.4 is 10.1 Å². The number of hydrogen-bond donors (Lipinski definition) is 2. The molecule has 3 aliphatic heterocycles. The summed E-state index contributed by atoms with van der Waals surface area (Å²) in [5.74, 6) is 1.47. The molecule has 3 aliphatic rings. The number of fused-ring (bicyclic) bond motifs is 3. The van der Waals surface area contributed by atoms with Gasteiger partial charge in [0.2, 0.25) is 5.91 Å². The van der Waals surface area contributed by atoms with Crippen LogP contribution in [0.1, 0.15) is 18.4 Å². The largest absolute Gasteiger partial charge is 0.496 e. The summed E-state index contributed by atoms with van der Waals surface area (Å²) in [4.78, 5) is 15.1. The Morgan fingerprint density at radius 2 is 1.85 bits per heavy atom. The molecule has 2 bridgehead atoms. The minimum atomic E-state index is -0.0476. The van der Waals surface area contributed by atoms with E-state index in [2.05, 4.69) is 10.2 Å². The molecule has 0 radical (unpaired) electrons. The maximum absolute atomic E-state index is 12.7. The van der Waals surface area contributed by atoms with Gasteiger partial charge in [0.15, 0.2) is 0 Å². The van der Waals surface area contributed by atoms with E-state index < -0.39 is 0 Å². The van der Waals surface area contributed by atoms with Gasteiger partial charge in [-0.05, 0) is 61.2 Å². The SMILES string of the molecule is COc1cc(-c2ccc(NC(=O)[C@H]3CN4CCC3CC4)cc2)ccc1CO. The molecule has 0 unspecified atom stereocenters. The van der Waals surface area contributed by atoms with E-state index in [1.165, 1.54) is 0 Å². The van der Waals surface area contributed by atoms with E-state index in [9.17, 15) is 9.90 Å². The number of carbonyl (C=O) groups is 1. The minimum Gasteiger partial charge on any atom is -0.496 e. The van der Waals surface area contributed by atoms with Crippen LogP contribution in [0.5, 0.6) is 5.75 Å². The first kappa shape index (κ1) is 18.0. The van der Waals surface area contributed by atoms with Gasteiger partial charge in [0.1, 0.15) is 5.75 Å². The Morgan fingerprint density at radius 3 is 2.44 bits per heavy atom. The van der Waals surface area contributed by atoms with Gasteiger partial charge in [0.25, 0.3) is 0 Å². The first-order chi connectivity index (χ1) is 13.2. The van der Waals surface area contributed by atoms with Crippen LogP contribution in [0.15, 0.2) is 42.5 Å². The van der Waals surface area contributed by atoms with E-state index in [4.69, 9.17) is 4.74 Å². The number of anilines is 1. The Labute approximate surface area is 160 Å². The van der Waals surface area contributed by atoms with Crippen molar-refractivity contribution >= 4 is 11.6 Å². The Morgan fingerprint density at radius 1 is 1.15 bits per heavy atom. The van der Waals surface area contributed by atoms with Crippen LogP contribution >= 0.6 is 0 Å². The smallest absolute Gasteiger partial charge is 0.229 e. The molecule has 2 aromatic rings. The number of carbonyl (C=O) groups excluding carboxylic acids is 1. The number of hydrogen-bond acceptors (Lipinski definition) is 4. The average molecular weight is 366 g/mol. The third-order valence-corrected chi connectivity index (χ3v) is 5.94. The summed E-state index contributed by atoms with van der Waals surface area (Å²) in [5, 5.41) is 12.4. The Balaban J connectivity index is 1.45. The normalized spacial score (nSPS) is 23.9. The molecule has 3 saturated heterocycles. The highest BCUT2D eigenvalue weighted by Gasteiger charge is 2.38. The molecule has 142 valence electrons. The number of piperidine rings is 3. The highest BCUT2D eigenvalue weighted by atomic mass is 16.5. The van der Waals surface area contributed by atoms with Crippen LogP contribution in [0.4, 0.5) is 5.69 Å². The number of nitrogens with one attached hydrogen (secondary N) is 1. The van der Waals surface area contributed by atoms with Gasteiger partial charge >= 0.3 is 0 Å². The van der Waals surface area contributed by atoms with Gasteiger partial charge in [-0.1, -0.05) is 24.3 Å². The third-order valence-electron chi connectivity index (χ3n) is 5.94. The molecule has 5 heteroatoms. The lowest BCUT2D eigenvalue weighted by Crippen LogP contribution is -2.51. The molecule has 0 aromatic heterocycles. The zero-order valence-electron chi connectivity index (χ0n) is 15.6. The monoisotopic (exact) mass is 366 g/mol. The summed E-state index contributed by atoms with van der Waals surface area (Å²) < 4.78 is 5.35. The van der Waals surface area contributed by atoms with Gasteiger partial charge in [-0.2, -0.15) is 0 Å². The lowest BCUT2D eigenvalue weighted by atomic mass is 9.78. The third kappa shape index (κ3) is 3.70. The lowest BCUT2D eigenvalue weighted by molar-refractivity contribution is -0.125. The van der Waals surface area contributed by atoms with E-state index in [-0.39, 0.29) is 18.4 Å². The maximum atomic E-state index is 12.7. The Kier molecular flexibility index (Phi) is 5.14. The van der Waals surface area contributed by atoms with E-state index >= 15 is 0 Å². The second-order valence-corrected chi connectivity index (χ2v) is 7.50. The van der Waals surface area contributed by atoms with Crippen LogP contribution in [0.25, 0.3) is 11.1 Å². The van der Waals surface area contributed by atoms with Crippen molar-refractivity contribution < 1.29 is 14.6 Å². The summed E-state index contributed by atoms with van der Waals surface area (Å²) in [5.41, 5.74) is 3.65. The van der Waals surface area contributed by atoms with Crippen LogP contribution in [0.3, 0.4) is 0 Å². The molecule has 3 heterocycles. The first-order valence-electron chi connectivity index (χ1n) is 9.59. The van der Waals surface area contributed by atoms with Gasteiger partial charge in [0, 0.05) is 17.8 Å². The van der Waals surface area contributed by atoms with Crippen LogP contribution in [-0.2, 0) is 11.4 Å². The zero-order chi connectivity index (χ0) is 18.8. The average Bonchev–Trinajstić information content (AvgIpc) is 2.74. The van der Waals surface area contributed by atoms with E-state index in [1.54, 1.807) is 7.11 Å². The molecule has 2 aromatic carbocycles. The molecule has 0 aliphatic carbocycles. The molecular formula is C22H26N2O3. The van der Waals surface area contributed by atoms with Crippen molar-refractivity contribution in [3.05, 3.63) is 48.0 Å². The van der Waals surface area contributed by atoms with Gasteiger partial charge in [-0.3, -0.25) is 4.79 Å². The summed E-state index contributed by atoms with van der Waals surface area (Å²) in [6.07, 6.45) is 2.28. The minimum absolute atomic E-state index is 0.0476. The second kappa shape index (κ2) is 7.71. The van der Waals surface area contributed by atoms with Gasteiger partial charge in [0.05, 0.1) is 19.6 Å². The number of amides is 1. The fourth-order valence-corrected chi connectivity index (χ4v) is 4.30. The number of nitrogens with zero attached hydrogens (tertiary/aromatic N) is 1. The molecule has 5 nitrogen and oxygen atoms in total. The number of ether oxygens (including phenoxy) is 1. The van der Waals surface area contributed by atoms with Crippen LogP contribution in [0.2, 0.25) is 0 Å². The number of aliphatic hydroxyl groups excluding tert-OH is 1. The molecule has 3 fully saturated rings. The van der Waals surface area contributed by atoms with Crippen molar-refractivity contribution in [3.8, 4) is 16.9 Å². The standard InChI is InChI=1S/C22H26N2O3/c1-27-21-12-17(2-3-18(21)14-25)15-4-6-19(7-5-15)23-22(26)20-13-24-10-8-16(20)9-11-24/h2-7,12,16,20,25H,8-11,13-14H2,1H3,(H,23,26)/t20-/m0/s1. The van der Waals surface area contributed by atoms with Crippen molar-refractivity contribution in [3.63, 3.8) is 0 Å². The Bertz CT molecular complexity index is 811. The lowest BCUT2D eigenvalue weighted by Gasteiger charge is -2.43. The summed E-state index contributed by atoms with van der Waals surface area (Å²) in [6.45, 7) is 3.13. The fourth-order valence-electron chi connectivity index (χ4n) is 4.30. The van der Waals surface area contributed by atoms with Crippen molar-refractivity contribution in [1.82, 2.24) is 4.90 Å². The maximum Gasteiger partial charge on any atom is 0.229 e. The number of benzene rings is 2. The summed E-state index contributed by atoms with van der Waals surface area (Å²) in [6, 6.07) is 13.7. The van der Waals surface area contributed by atoms with E-state index in [0.29, 0.717) is 11.7 Å². The van der Waals surface area contributed by atoms with Gasteiger partial charge < -0.3 is 20.1 Å². The highest BCUT2D eigenvalue weighted by Crippen LogP contribution is 2.33. The van der Waals surface area contributed by atoms with Crippen molar-refractivity contribution in [1.29, 1.82) is 0 Å². The number of rotatable bonds is 5. The molecule has 0 saturated carbocycles. The molecule has 5 rings (SSSR count).